The fraction of sp³-hybridized carbons (Fsp3) is 0.500. The number of likely N-dealkylation sites (N-methyl/N-ethyl adjacent to an activating group) is 1. The van der Waals surface area contributed by atoms with E-state index in [1.54, 1.807) is 0 Å². The first-order valence-electron chi connectivity index (χ1n) is 5.69. The van der Waals surface area contributed by atoms with E-state index in [4.69, 9.17) is 0 Å². The third-order valence-corrected chi connectivity index (χ3v) is 2.21. The van der Waals surface area contributed by atoms with Crippen LogP contribution in [0.3, 0.4) is 0 Å². The number of aliphatic hydroxyl groups excluding tert-OH is 1. The zero-order valence-corrected chi connectivity index (χ0v) is 10.7. The Balaban J connectivity index is 2.44. The number of aliphatic hydroxyl groups is 1. The Hall–Kier alpha value is -1.47. The molecular formula is C12H17F3N2O2. The Morgan fingerprint density at radius 2 is 1.84 bits per heavy atom. The molecule has 0 heterocycles. The number of benzene rings is 1. The molecule has 2 N–H and O–H groups in total. The van der Waals surface area contributed by atoms with E-state index in [0.29, 0.717) is 18.8 Å². The lowest BCUT2D eigenvalue weighted by atomic mass is 10.2. The number of nitrogens with one attached hydrogen (secondary N) is 1. The van der Waals surface area contributed by atoms with E-state index in [2.05, 4.69) is 10.1 Å². The first-order valence-corrected chi connectivity index (χ1v) is 5.69. The molecule has 0 aliphatic rings. The van der Waals surface area contributed by atoms with Gasteiger partial charge in [0.1, 0.15) is 5.75 Å². The quantitative estimate of drug-likeness (QED) is 0.834. The topological polar surface area (TPSA) is 44.7 Å². The van der Waals surface area contributed by atoms with Gasteiger partial charge in [0.25, 0.3) is 0 Å². The summed E-state index contributed by atoms with van der Waals surface area (Å²) in [5.74, 6) is -0.271. The Morgan fingerprint density at radius 3 is 2.32 bits per heavy atom. The highest BCUT2D eigenvalue weighted by molar-refractivity contribution is 5.46. The summed E-state index contributed by atoms with van der Waals surface area (Å²) in [6, 6.07) is 5.36. The normalized spacial score (nSPS) is 13.4. The number of anilines is 1. The summed E-state index contributed by atoms with van der Waals surface area (Å²) in [6.45, 7) is 0.819. The molecule has 1 aromatic carbocycles. The molecule has 0 aliphatic carbocycles. The van der Waals surface area contributed by atoms with Crippen LogP contribution in [-0.2, 0) is 0 Å². The van der Waals surface area contributed by atoms with E-state index < -0.39 is 12.5 Å². The van der Waals surface area contributed by atoms with Crippen molar-refractivity contribution in [3.63, 3.8) is 0 Å². The summed E-state index contributed by atoms with van der Waals surface area (Å²) in [6.07, 6.45) is -5.24. The van der Waals surface area contributed by atoms with E-state index in [1.807, 2.05) is 19.0 Å². The van der Waals surface area contributed by atoms with Gasteiger partial charge in [0.2, 0.25) is 0 Å². The third-order valence-electron chi connectivity index (χ3n) is 2.21. The highest BCUT2D eigenvalue weighted by Gasteiger charge is 2.30. The molecule has 1 unspecified atom stereocenters. The molecule has 0 fully saturated rings. The van der Waals surface area contributed by atoms with E-state index in [9.17, 15) is 18.3 Å². The number of hydrogen-bond acceptors (Lipinski definition) is 4. The highest BCUT2D eigenvalue weighted by Crippen LogP contribution is 2.23. The van der Waals surface area contributed by atoms with Crippen molar-refractivity contribution in [1.82, 2.24) is 4.90 Å². The van der Waals surface area contributed by atoms with Crippen molar-refractivity contribution in [2.24, 2.45) is 0 Å². The van der Waals surface area contributed by atoms with Crippen LogP contribution in [-0.4, -0.2) is 49.7 Å². The maximum absolute atomic E-state index is 11.9. The molecule has 4 nitrogen and oxygen atoms in total. The molecule has 0 amide bonds. The average Bonchev–Trinajstić information content (AvgIpc) is 2.25. The minimum absolute atomic E-state index is 0.271. The lowest BCUT2D eigenvalue weighted by Crippen LogP contribution is -2.31. The summed E-state index contributed by atoms with van der Waals surface area (Å²) in [4.78, 5) is 1.84. The van der Waals surface area contributed by atoms with Gasteiger partial charge in [0.15, 0.2) is 0 Å². The largest absolute Gasteiger partial charge is 0.573 e. The van der Waals surface area contributed by atoms with Crippen molar-refractivity contribution in [3.05, 3.63) is 24.3 Å². The maximum Gasteiger partial charge on any atom is 0.573 e. The predicted octanol–water partition coefficient (Wildman–Crippen LogP) is 1.92. The summed E-state index contributed by atoms with van der Waals surface area (Å²) in [5.41, 5.74) is 0.618. The molecule has 7 heteroatoms. The lowest BCUT2D eigenvalue weighted by Gasteiger charge is -2.17. The van der Waals surface area contributed by atoms with Crippen molar-refractivity contribution in [3.8, 4) is 5.75 Å². The lowest BCUT2D eigenvalue weighted by molar-refractivity contribution is -0.274. The van der Waals surface area contributed by atoms with Crippen molar-refractivity contribution in [2.45, 2.75) is 12.5 Å². The van der Waals surface area contributed by atoms with E-state index in [1.165, 1.54) is 24.3 Å². The van der Waals surface area contributed by atoms with Gasteiger partial charge in [-0.05, 0) is 38.4 Å². The molecule has 0 saturated carbocycles. The van der Waals surface area contributed by atoms with Crippen molar-refractivity contribution < 1.29 is 23.0 Å². The monoisotopic (exact) mass is 278 g/mol. The second-order valence-corrected chi connectivity index (χ2v) is 4.37. The number of rotatable bonds is 6. The first kappa shape index (κ1) is 15.6. The number of nitrogens with zero attached hydrogens (tertiary/aromatic N) is 1. The third kappa shape index (κ3) is 6.88. The molecule has 0 aromatic heterocycles. The zero-order chi connectivity index (χ0) is 14.5. The van der Waals surface area contributed by atoms with Gasteiger partial charge in [-0.2, -0.15) is 0 Å². The summed E-state index contributed by atoms with van der Waals surface area (Å²) in [5, 5.41) is 12.5. The number of ether oxygens (including phenoxy) is 1. The van der Waals surface area contributed by atoms with Gasteiger partial charge in [-0.15, -0.1) is 13.2 Å². The second kappa shape index (κ2) is 6.63. The fourth-order valence-electron chi connectivity index (χ4n) is 1.50. The van der Waals surface area contributed by atoms with Gasteiger partial charge in [-0.3, -0.25) is 0 Å². The summed E-state index contributed by atoms with van der Waals surface area (Å²) >= 11 is 0. The van der Waals surface area contributed by atoms with E-state index in [0.717, 1.165) is 0 Å². The van der Waals surface area contributed by atoms with E-state index in [-0.39, 0.29) is 5.75 Å². The Morgan fingerprint density at radius 1 is 1.26 bits per heavy atom. The van der Waals surface area contributed by atoms with Crippen LogP contribution in [0.1, 0.15) is 0 Å². The van der Waals surface area contributed by atoms with Crippen LogP contribution in [0.25, 0.3) is 0 Å². The molecule has 1 aromatic rings. The predicted molar refractivity (Wildman–Crippen MR) is 66.2 cm³/mol. The molecule has 0 radical (unpaired) electrons. The molecule has 1 rings (SSSR count). The van der Waals surface area contributed by atoms with E-state index >= 15 is 0 Å². The molecule has 108 valence electrons. The number of hydrogen-bond donors (Lipinski definition) is 2. The highest BCUT2D eigenvalue weighted by atomic mass is 19.4. The van der Waals surface area contributed by atoms with Crippen molar-refractivity contribution in [2.75, 3.05) is 32.5 Å². The Kier molecular flexibility index (Phi) is 5.44. The first-order chi connectivity index (χ1) is 8.76. The smallest absolute Gasteiger partial charge is 0.406 e. The molecule has 19 heavy (non-hydrogen) atoms. The van der Waals surface area contributed by atoms with Gasteiger partial charge in [0, 0.05) is 18.8 Å². The minimum atomic E-state index is -4.68. The van der Waals surface area contributed by atoms with Gasteiger partial charge in [-0.25, -0.2) is 0 Å². The van der Waals surface area contributed by atoms with Crippen LogP contribution in [0.4, 0.5) is 18.9 Å². The molecule has 0 aliphatic heterocycles. The van der Waals surface area contributed by atoms with Crippen LogP contribution < -0.4 is 10.1 Å². The van der Waals surface area contributed by atoms with Gasteiger partial charge in [0.05, 0.1) is 6.10 Å². The fourth-order valence-corrected chi connectivity index (χ4v) is 1.50. The number of alkyl halides is 3. The molecule has 0 spiro atoms. The van der Waals surface area contributed by atoms with Crippen molar-refractivity contribution >= 4 is 5.69 Å². The molecular weight excluding hydrogens is 261 g/mol. The molecule has 0 saturated heterocycles. The Labute approximate surface area is 109 Å². The van der Waals surface area contributed by atoms with Crippen LogP contribution in [0.15, 0.2) is 24.3 Å². The van der Waals surface area contributed by atoms with Gasteiger partial charge in [-0.1, -0.05) is 0 Å². The van der Waals surface area contributed by atoms with Crippen LogP contribution >= 0.6 is 0 Å². The van der Waals surface area contributed by atoms with Crippen LogP contribution in [0.2, 0.25) is 0 Å². The van der Waals surface area contributed by atoms with Gasteiger partial charge >= 0.3 is 6.36 Å². The van der Waals surface area contributed by atoms with Crippen molar-refractivity contribution in [1.29, 1.82) is 0 Å². The summed E-state index contributed by atoms with van der Waals surface area (Å²) < 4.78 is 39.6. The average molecular weight is 278 g/mol. The van der Waals surface area contributed by atoms with Crippen LogP contribution in [0.5, 0.6) is 5.75 Å². The van der Waals surface area contributed by atoms with Gasteiger partial charge < -0.3 is 20.1 Å². The number of halogens is 3. The summed E-state index contributed by atoms with van der Waals surface area (Å²) in [7, 11) is 3.68. The van der Waals surface area contributed by atoms with Crippen LogP contribution in [0, 0.1) is 0 Å². The molecule has 0 bridgehead atoms. The standard InChI is InChI=1S/C12H17F3N2O2/c1-17(2)8-10(18)7-16-9-3-5-11(6-4-9)19-12(13,14)15/h3-6,10,16,18H,7-8H2,1-2H3. The zero-order valence-electron chi connectivity index (χ0n) is 10.7. The molecule has 1 atom stereocenters. The Bertz CT molecular complexity index is 380. The second-order valence-electron chi connectivity index (χ2n) is 4.37. The minimum Gasteiger partial charge on any atom is -0.406 e. The SMILES string of the molecule is CN(C)CC(O)CNc1ccc(OC(F)(F)F)cc1. The maximum atomic E-state index is 11.9.